The van der Waals surface area contributed by atoms with E-state index in [1.54, 1.807) is 12.1 Å². The molecule has 1 unspecified atom stereocenters. The quantitative estimate of drug-likeness (QED) is 0.711. The second-order valence-electron chi connectivity index (χ2n) is 2.29. The van der Waals surface area contributed by atoms with Gasteiger partial charge < -0.3 is 0 Å². The minimum absolute atomic E-state index is 0.683. The summed E-state index contributed by atoms with van der Waals surface area (Å²) >= 11 is 0. The van der Waals surface area contributed by atoms with Crippen molar-refractivity contribution >= 4 is 11.0 Å². The molecule has 0 spiro atoms. The number of benzene rings is 1. The van der Waals surface area contributed by atoms with Crippen molar-refractivity contribution in [3.63, 3.8) is 0 Å². The molecule has 0 saturated heterocycles. The van der Waals surface area contributed by atoms with E-state index in [2.05, 4.69) is 6.92 Å². The third-order valence-electron chi connectivity index (χ3n) is 1.56. The fourth-order valence-corrected chi connectivity index (χ4v) is 1.26. The number of rotatable bonds is 2. The molecule has 0 heterocycles. The van der Waals surface area contributed by atoms with Gasteiger partial charge in [0.15, 0.2) is 0 Å². The van der Waals surface area contributed by atoms with Crippen LogP contribution in [0.4, 0.5) is 0 Å². The molecule has 1 aromatic rings. The topological polar surface area (TPSA) is 43.1 Å². The smallest absolute Gasteiger partial charge is 0.122 e. The van der Waals surface area contributed by atoms with Crippen LogP contribution in [0, 0.1) is 0 Å². The molecule has 0 fully saturated rings. The van der Waals surface area contributed by atoms with Crippen molar-refractivity contribution in [2.75, 3.05) is 0 Å². The average molecular weight is 169 g/mol. The second-order valence-corrected chi connectivity index (χ2v) is 3.36. The average Bonchev–Trinajstić information content (AvgIpc) is 2.05. The van der Waals surface area contributed by atoms with Gasteiger partial charge >= 0.3 is 0 Å². The summed E-state index contributed by atoms with van der Waals surface area (Å²) in [6.07, 6.45) is 0.998. The summed E-state index contributed by atoms with van der Waals surface area (Å²) in [7, 11) is -1.34. The lowest BCUT2D eigenvalue weighted by atomic mass is 10.2. The summed E-state index contributed by atoms with van der Waals surface area (Å²) in [5, 5.41) is 5.18. The van der Waals surface area contributed by atoms with E-state index in [1.807, 2.05) is 12.1 Å². The van der Waals surface area contributed by atoms with E-state index in [9.17, 15) is 4.21 Å². The van der Waals surface area contributed by atoms with Crippen molar-refractivity contribution in [1.29, 1.82) is 0 Å². The minimum Gasteiger partial charge on any atom is -0.248 e. The first kappa shape index (κ1) is 8.43. The number of aryl methyl sites for hydroxylation is 1. The van der Waals surface area contributed by atoms with Crippen LogP contribution in [0.1, 0.15) is 12.5 Å². The van der Waals surface area contributed by atoms with Crippen LogP contribution < -0.4 is 5.14 Å². The highest BCUT2D eigenvalue weighted by Crippen LogP contribution is 2.06. The SMILES string of the molecule is CCc1ccc(S(N)=O)cc1. The van der Waals surface area contributed by atoms with Crippen LogP contribution in [0.2, 0.25) is 0 Å². The zero-order valence-electron chi connectivity index (χ0n) is 6.41. The Morgan fingerprint density at radius 3 is 2.27 bits per heavy atom. The van der Waals surface area contributed by atoms with Crippen molar-refractivity contribution < 1.29 is 4.21 Å². The zero-order valence-corrected chi connectivity index (χ0v) is 7.23. The Morgan fingerprint density at radius 1 is 1.36 bits per heavy atom. The van der Waals surface area contributed by atoms with Crippen molar-refractivity contribution in [2.45, 2.75) is 18.2 Å². The molecule has 0 saturated carbocycles. The molecule has 1 atom stereocenters. The van der Waals surface area contributed by atoms with Crippen LogP contribution in [-0.4, -0.2) is 4.21 Å². The first-order valence-electron chi connectivity index (χ1n) is 3.49. The Labute approximate surface area is 69.0 Å². The standard InChI is InChI=1S/C8H11NOS/c1-2-7-3-5-8(6-4-7)11(9)10/h3-6H,2,9H2,1H3. The largest absolute Gasteiger partial charge is 0.248 e. The van der Waals surface area contributed by atoms with Crippen LogP contribution in [-0.2, 0) is 17.4 Å². The molecule has 2 nitrogen and oxygen atoms in total. The van der Waals surface area contributed by atoms with E-state index in [4.69, 9.17) is 5.14 Å². The molecule has 0 aliphatic heterocycles. The molecule has 0 aromatic heterocycles. The van der Waals surface area contributed by atoms with Gasteiger partial charge in [-0.3, -0.25) is 0 Å². The van der Waals surface area contributed by atoms with Crippen molar-refractivity contribution in [2.24, 2.45) is 5.14 Å². The molecule has 2 N–H and O–H groups in total. The molecular formula is C8H11NOS. The number of nitrogens with two attached hydrogens (primary N) is 1. The highest BCUT2D eigenvalue weighted by Gasteiger charge is 1.95. The van der Waals surface area contributed by atoms with Gasteiger partial charge in [-0.25, -0.2) is 9.35 Å². The Bertz CT molecular complexity index is 255. The molecule has 11 heavy (non-hydrogen) atoms. The summed E-state index contributed by atoms with van der Waals surface area (Å²) in [6, 6.07) is 7.49. The van der Waals surface area contributed by atoms with E-state index < -0.39 is 11.0 Å². The van der Waals surface area contributed by atoms with E-state index in [1.165, 1.54) is 5.56 Å². The lowest BCUT2D eigenvalue weighted by molar-refractivity contribution is 0.684. The Balaban J connectivity index is 2.91. The Morgan fingerprint density at radius 2 is 1.91 bits per heavy atom. The first-order chi connectivity index (χ1) is 5.24. The first-order valence-corrected chi connectivity index (χ1v) is 4.70. The molecule has 1 rings (SSSR count). The van der Waals surface area contributed by atoms with E-state index >= 15 is 0 Å². The van der Waals surface area contributed by atoms with Crippen LogP contribution in [0.15, 0.2) is 29.2 Å². The van der Waals surface area contributed by atoms with Gasteiger partial charge in [-0.05, 0) is 24.1 Å². The van der Waals surface area contributed by atoms with E-state index in [0.717, 1.165) is 6.42 Å². The van der Waals surface area contributed by atoms with Crippen LogP contribution in [0.5, 0.6) is 0 Å². The van der Waals surface area contributed by atoms with Crippen LogP contribution in [0.3, 0.4) is 0 Å². The van der Waals surface area contributed by atoms with Gasteiger partial charge in [0.05, 0.1) is 4.90 Å². The summed E-state index contributed by atoms with van der Waals surface area (Å²) in [5.74, 6) is 0. The third kappa shape index (κ3) is 2.13. The minimum atomic E-state index is -1.34. The van der Waals surface area contributed by atoms with Crippen molar-refractivity contribution in [3.05, 3.63) is 29.8 Å². The molecule has 0 bridgehead atoms. The van der Waals surface area contributed by atoms with Gasteiger partial charge in [-0.2, -0.15) is 0 Å². The van der Waals surface area contributed by atoms with Gasteiger partial charge in [-0.15, -0.1) is 0 Å². The van der Waals surface area contributed by atoms with E-state index in [0.29, 0.717) is 4.90 Å². The van der Waals surface area contributed by atoms with Gasteiger partial charge in [0.25, 0.3) is 0 Å². The summed E-state index contributed by atoms with van der Waals surface area (Å²) in [5.41, 5.74) is 1.24. The van der Waals surface area contributed by atoms with Gasteiger partial charge in [0.2, 0.25) is 0 Å². The Hall–Kier alpha value is -0.670. The maximum atomic E-state index is 10.7. The van der Waals surface area contributed by atoms with Gasteiger partial charge in [0.1, 0.15) is 11.0 Å². The predicted octanol–water partition coefficient (Wildman–Crippen LogP) is 1.23. The number of hydrogen-bond acceptors (Lipinski definition) is 1. The summed E-state index contributed by atoms with van der Waals surface area (Å²) in [6.45, 7) is 2.08. The van der Waals surface area contributed by atoms with E-state index in [-0.39, 0.29) is 0 Å². The van der Waals surface area contributed by atoms with Crippen LogP contribution >= 0.6 is 0 Å². The normalized spacial score (nSPS) is 12.9. The summed E-state index contributed by atoms with van der Waals surface area (Å²) < 4.78 is 10.7. The lowest BCUT2D eigenvalue weighted by Gasteiger charge is -1.97. The number of hydrogen-bond donors (Lipinski definition) is 1. The molecule has 60 valence electrons. The highest BCUT2D eigenvalue weighted by atomic mass is 32.2. The summed E-state index contributed by atoms with van der Waals surface area (Å²) in [4.78, 5) is 0.683. The molecular weight excluding hydrogens is 158 g/mol. The molecule has 0 radical (unpaired) electrons. The maximum absolute atomic E-state index is 10.7. The highest BCUT2D eigenvalue weighted by molar-refractivity contribution is 7.82. The lowest BCUT2D eigenvalue weighted by Crippen LogP contribution is -2.02. The molecule has 3 heteroatoms. The Kier molecular flexibility index (Phi) is 2.79. The van der Waals surface area contributed by atoms with Crippen molar-refractivity contribution in [1.82, 2.24) is 0 Å². The predicted molar refractivity (Wildman–Crippen MR) is 46.4 cm³/mol. The molecule has 0 aliphatic rings. The fourth-order valence-electron chi connectivity index (χ4n) is 0.859. The van der Waals surface area contributed by atoms with Crippen LogP contribution in [0.25, 0.3) is 0 Å². The van der Waals surface area contributed by atoms with Crippen molar-refractivity contribution in [3.8, 4) is 0 Å². The third-order valence-corrected chi connectivity index (χ3v) is 2.30. The monoisotopic (exact) mass is 169 g/mol. The molecule has 0 aliphatic carbocycles. The zero-order chi connectivity index (χ0) is 8.27. The van der Waals surface area contributed by atoms with Gasteiger partial charge in [0, 0.05) is 0 Å². The second kappa shape index (κ2) is 3.64. The molecule has 1 aromatic carbocycles. The van der Waals surface area contributed by atoms with Gasteiger partial charge in [-0.1, -0.05) is 19.1 Å². The maximum Gasteiger partial charge on any atom is 0.122 e. The fraction of sp³-hybridized carbons (Fsp3) is 0.250. The molecule has 0 amide bonds.